The first kappa shape index (κ1) is 15.1. The van der Waals surface area contributed by atoms with E-state index in [0.717, 1.165) is 42.4 Å². The number of hydrogen-bond acceptors (Lipinski definition) is 4. The number of hydrogen-bond donors (Lipinski definition) is 1. The zero-order valence-electron chi connectivity index (χ0n) is 14.5. The summed E-state index contributed by atoms with van der Waals surface area (Å²) >= 11 is 0. The Labute approximate surface area is 142 Å². The highest BCUT2D eigenvalue weighted by molar-refractivity contribution is 5.69. The van der Waals surface area contributed by atoms with Crippen molar-refractivity contribution in [2.24, 2.45) is 0 Å². The molecule has 0 radical (unpaired) electrons. The highest BCUT2D eigenvalue weighted by Gasteiger charge is 2.27. The molecule has 24 heavy (non-hydrogen) atoms. The van der Waals surface area contributed by atoms with Gasteiger partial charge in [-0.1, -0.05) is 29.8 Å². The van der Waals surface area contributed by atoms with Gasteiger partial charge in [0.05, 0.1) is 11.2 Å². The summed E-state index contributed by atoms with van der Waals surface area (Å²) in [5.74, 6) is 2.27. The largest absolute Gasteiger partial charge is 0.358 e. The van der Waals surface area contributed by atoms with Gasteiger partial charge in [-0.3, -0.25) is 4.40 Å². The van der Waals surface area contributed by atoms with E-state index < -0.39 is 0 Å². The van der Waals surface area contributed by atoms with E-state index in [1.165, 1.54) is 11.3 Å². The van der Waals surface area contributed by atoms with Crippen molar-refractivity contribution >= 4 is 11.5 Å². The molecule has 0 amide bonds. The number of benzene rings is 1. The Balaban J connectivity index is 1.93. The van der Waals surface area contributed by atoms with Gasteiger partial charge in [0, 0.05) is 31.3 Å². The lowest BCUT2D eigenvalue weighted by Crippen LogP contribution is -2.13. The first-order chi connectivity index (χ1) is 11.7. The maximum Gasteiger partial charge on any atom is 0.208 e. The van der Waals surface area contributed by atoms with Gasteiger partial charge in [0.1, 0.15) is 5.82 Å². The van der Waals surface area contributed by atoms with E-state index in [1.807, 2.05) is 13.2 Å². The lowest BCUT2D eigenvalue weighted by Gasteiger charge is -2.09. The van der Waals surface area contributed by atoms with E-state index >= 15 is 0 Å². The molecule has 1 atom stereocenters. The van der Waals surface area contributed by atoms with Gasteiger partial charge < -0.3 is 10.2 Å². The molecule has 5 nitrogen and oxygen atoms in total. The number of anilines is 1. The van der Waals surface area contributed by atoms with Crippen LogP contribution in [-0.2, 0) is 0 Å². The fourth-order valence-electron chi connectivity index (χ4n) is 3.59. The number of aromatic nitrogens is 3. The molecular weight excluding hydrogens is 298 g/mol. The minimum Gasteiger partial charge on any atom is -0.358 e. The van der Waals surface area contributed by atoms with E-state index in [-0.39, 0.29) is 0 Å². The third-order valence-electron chi connectivity index (χ3n) is 4.89. The summed E-state index contributed by atoms with van der Waals surface area (Å²) in [5.41, 5.74) is 4.72. The SMILES string of the molecule is CNc1nccc2c(C3CCN(C)C3)nc(-c3ccc(C)cc3)n12. The van der Waals surface area contributed by atoms with Crippen molar-refractivity contribution in [1.29, 1.82) is 0 Å². The van der Waals surface area contributed by atoms with Crippen molar-refractivity contribution < 1.29 is 0 Å². The smallest absolute Gasteiger partial charge is 0.208 e. The van der Waals surface area contributed by atoms with Crippen LogP contribution in [0.4, 0.5) is 5.95 Å². The maximum absolute atomic E-state index is 5.07. The number of nitrogens with one attached hydrogen (secondary N) is 1. The second-order valence-electron chi connectivity index (χ2n) is 6.67. The van der Waals surface area contributed by atoms with Gasteiger partial charge in [-0.25, -0.2) is 9.97 Å². The van der Waals surface area contributed by atoms with Gasteiger partial charge in [-0.15, -0.1) is 0 Å². The molecule has 3 aromatic rings. The Morgan fingerprint density at radius 1 is 1.17 bits per heavy atom. The molecule has 0 aliphatic carbocycles. The van der Waals surface area contributed by atoms with Crippen molar-refractivity contribution in [3.63, 3.8) is 0 Å². The normalized spacial score (nSPS) is 18.4. The molecule has 0 spiro atoms. The molecule has 124 valence electrons. The van der Waals surface area contributed by atoms with Crippen LogP contribution in [0.15, 0.2) is 36.5 Å². The van der Waals surface area contributed by atoms with Gasteiger partial charge in [-0.05, 0) is 33.0 Å². The quantitative estimate of drug-likeness (QED) is 0.805. The third-order valence-corrected chi connectivity index (χ3v) is 4.89. The summed E-state index contributed by atoms with van der Waals surface area (Å²) in [6.07, 6.45) is 3.03. The number of aryl methyl sites for hydroxylation is 1. The van der Waals surface area contributed by atoms with E-state index in [0.29, 0.717) is 5.92 Å². The average molecular weight is 321 g/mol. The molecule has 1 unspecified atom stereocenters. The second kappa shape index (κ2) is 5.91. The Kier molecular flexibility index (Phi) is 3.73. The van der Waals surface area contributed by atoms with Crippen molar-refractivity contribution in [1.82, 2.24) is 19.3 Å². The van der Waals surface area contributed by atoms with Crippen molar-refractivity contribution in [2.75, 3.05) is 32.5 Å². The highest BCUT2D eigenvalue weighted by atomic mass is 15.2. The summed E-state index contributed by atoms with van der Waals surface area (Å²) < 4.78 is 2.15. The van der Waals surface area contributed by atoms with Crippen molar-refractivity contribution in [3.05, 3.63) is 47.8 Å². The molecule has 1 saturated heterocycles. The van der Waals surface area contributed by atoms with E-state index in [4.69, 9.17) is 4.98 Å². The Bertz CT molecular complexity index is 865. The van der Waals surface area contributed by atoms with Crippen molar-refractivity contribution in [2.45, 2.75) is 19.3 Å². The monoisotopic (exact) mass is 321 g/mol. The number of likely N-dealkylation sites (N-methyl/N-ethyl adjacent to an activating group) is 1. The third kappa shape index (κ3) is 2.45. The summed E-state index contributed by atoms with van der Waals surface area (Å²) in [7, 11) is 4.09. The van der Waals surface area contributed by atoms with Gasteiger partial charge in [0.15, 0.2) is 0 Å². The fourth-order valence-corrected chi connectivity index (χ4v) is 3.59. The van der Waals surface area contributed by atoms with Crippen LogP contribution in [0.3, 0.4) is 0 Å². The maximum atomic E-state index is 5.07. The predicted octanol–water partition coefficient (Wildman–Crippen LogP) is 3.17. The van der Waals surface area contributed by atoms with Crippen LogP contribution < -0.4 is 5.32 Å². The predicted molar refractivity (Wildman–Crippen MR) is 97.6 cm³/mol. The highest BCUT2D eigenvalue weighted by Crippen LogP contribution is 2.33. The van der Waals surface area contributed by atoms with Crippen LogP contribution in [0.2, 0.25) is 0 Å². The molecule has 1 aliphatic heterocycles. The number of imidazole rings is 1. The van der Waals surface area contributed by atoms with Crippen LogP contribution in [0.25, 0.3) is 16.9 Å². The number of rotatable bonds is 3. The van der Waals surface area contributed by atoms with Gasteiger partial charge in [0.2, 0.25) is 5.95 Å². The van der Waals surface area contributed by atoms with Crippen LogP contribution in [-0.4, -0.2) is 46.5 Å². The number of fused-ring (bicyclic) bond motifs is 1. The molecule has 1 fully saturated rings. The van der Waals surface area contributed by atoms with Gasteiger partial charge >= 0.3 is 0 Å². The molecule has 1 aromatic carbocycles. The second-order valence-corrected chi connectivity index (χ2v) is 6.67. The van der Waals surface area contributed by atoms with E-state index in [2.05, 4.69) is 63.9 Å². The molecule has 0 saturated carbocycles. The Morgan fingerprint density at radius 3 is 2.62 bits per heavy atom. The summed E-state index contributed by atoms with van der Waals surface area (Å²) in [6.45, 7) is 4.30. The summed E-state index contributed by atoms with van der Waals surface area (Å²) in [4.78, 5) is 11.9. The van der Waals surface area contributed by atoms with Crippen LogP contribution >= 0.6 is 0 Å². The number of likely N-dealkylation sites (tertiary alicyclic amines) is 1. The van der Waals surface area contributed by atoms with Crippen LogP contribution in [0.5, 0.6) is 0 Å². The number of nitrogens with zero attached hydrogens (tertiary/aromatic N) is 4. The van der Waals surface area contributed by atoms with E-state index in [9.17, 15) is 0 Å². The van der Waals surface area contributed by atoms with Crippen LogP contribution in [0.1, 0.15) is 23.6 Å². The Hall–Kier alpha value is -2.40. The van der Waals surface area contributed by atoms with Gasteiger partial charge in [-0.2, -0.15) is 0 Å². The van der Waals surface area contributed by atoms with E-state index in [1.54, 1.807) is 0 Å². The molecule has 1 N–H and O–H groups in total. The minimum absolute atomic E-state index is 0.483. The summed E-state index contributed by atoms with van der Waals surface area (Å²) in [6, 6.07) is 10.6. The molecule has 5 heteroatoms. The topological polar surface area (TPSA) is 45.5 Å². The molecule has 1 aliphatic rings. The zero-order valence-corrected chi connectivity index (χ0v) is 14.5. The lowest BCUT2D eigenvalue weighted by molar-refractivity contribution is 0.411. The van der Waals surface area contributed by atoms with Gasteiger partial charge in [0.25, 0.3) is 0 Å². The molecular formula is C19H23N5. The molecule has 0 bridgehead atoms. The zero-order chi connectivity index (χ0) is 16.7. The summed E-state index contributed by atoms with van der Waals surface area (Å²) in [5, 5.41) is 3.21. The minimum atomic E-state index is 0.483. The average Bonchev–Trinajstić information content (AvgIpc) is 3.19. The first-order valence-corrected chi connectivity index (χ1v) is 8.48. The van der Waals surface area contributed by atoms with Crippen molar-refractivity contribution in [3.8, 4) is 11.4 Å². The molecule has 3 heterocycles. The fraction of sp³-hybridized carbons (Fsp3) is 0.368. The van der Waals surface area contributed by atoms with Crippen LogP contribution in [0, 0.1) is 6.92 Å². The molecule has 2 aromatic heterocycles. The first-order valence-electron chi connectivity index (χ1n) is 8.48. The molecule has 4 rings (SSSR count). The lowest BCUT2D eigenvalue weighted by atomic mass is 10.0. The standard InChI is InChI=1S/C19H23N5/c1-13-4-6-14(7-5-13)18-22-17(15-9-11-23(3)12-15)16-8-10-21-19(20-2)24(16)18/h4-8,10,15H,9,11-12H2,1-3H3,(H,20,21). The Morgan fingerprint density at radius 2 is 1.96 bits per heavy atom.